The second-order valence-electron chi connectivity index (χ2n) is 6.81. The van der Waals surface area contributed by atoms with Crippen LogP contribution in [0.1, 0.15) is 44.0 Å². The Labute approximate surface area is 148 Å². The van der Waals surface area contributed by atoms with Crippen molar-refractivity contribution in [1.82, 2.24) is 14.9 Å². The normalized spacial score (nSPS) is 23.5. The largest absolute Gasteiger partial charge is 0.378 e. The number of imidazole rings is 1. The Hall–Kier alpha value is -1.36. The molecule has 24 heavy (non-hydrogen) atoms. The van der Waals surface area contributed by atoms with Crippen molar-refractivity contribution >= 4 is 11.6 Å². The molecule has 4 nitrogen and oxygen atoms in total. The van der Waals surface area contributed by atoms with E-state index in [1.807, 2.05) is 30.5 Å². The number of aromatic amines is 1. The van der Waals surface area contributed by atoms with Gasteiger partial charge in [0.25, 0.3) is 0 Å². The second kappa shape index (κ2) is 7.26. The fourth-order valence-electron chi connectivity index (χ4n) is 3.98. The van der Waals surface area contributed by atoms with Crippen molar-refractivity contribution in [2.75, 3.05) is 19.8 Å². The monoisotopic (exact) mass is 345 g/mol. The molecule has 4 rings (SSSR count). The highest BCUT2D eigenvalue weighted by atomic mass is 35.5. The standard InChI is InChI=1S/C19H24ClN3O/c20-15-8-6-14(7-9-15)17-12-21-19(22-17)18-13-24-11-10-23(18)16-4-2-1-3-5-16/h6-9,12,16,18H,1-5,10-11,13H2,(H,21,22)/t18-/m0/s1. The number of hydrogen-bond donors (Lipinski definition) is 1. The Bertz CT molecular complexity index is 664. The van der Waals surface area contributed by atoms with E-state index in [4.69, 9.17) is 16.3 Å². The number of aromatic nitrogens is 2. The quantitative estimate of drug-likeness (QED) is 0.894. The number of nitrogens with zero attached hydrogens (tertiary/aromatic N) is 2. The minimum Gasteiger partial charge on any atom is -0.378 e. The van der Waals surface area contributed by atoms with E-state index in [0.717, 1.165) is 41.9 Å². The van der Waals surface area contributed by atoms with Crippen LogP contribution >= 0.6 is 11.6 Å². The van der Waals surface area contributed by atoms with E-state index in [-0.39, 0.29) is 6.04 Å². The van der Waals surface area contributed by atoms with Crippen molar-refractivity contribution < 1.29 is 4.74 Å². The van der Waals surface area contributed by atoms with Crippen LogP contribution < -0.4 is 0 Å². The van der Waals surface area contributed by atoms with Crippen molar-refractivity contribution in [1.29, 1.82) is 0 Å². The molecule has 2 aromatic rings. The van der Waals surface area contributed by atoms with Crippen LogP contribution in [0.4, 0.5) is 0 Å². The lowest BCUT2D eigenvalue weighted by atomic mass is 9.93. The molecule has 0 unspecified atom stereocenters. The molecule has 1 atom stereocenters. The van der Waals surface area contributed by atoms with Gasteiger partial charge in [0, 0.05) is 17.6 Å². The Morgan fingerprint density at radius 2 is 1.92 bits per heavy atom. The zero-order chi connectivity index (χ0) is 16.4. The zero-order valence-electron chi connectivity index (χ0n) is 13.9. The first-order chi connectivity index (χ1) is 11.8. The average molecular weight is 346 g/mol. The first kappa shape index (κ1) is 16.1. The summed E-state index contributed by atoms with van der Waals surface area (Å²) in [6.45, 7) is 2.56. The summed E-state index contributed by atoms with van der Waals surface area (Å²) in [5.41, 5.74) is 2.15. The Morgan fingerprint density at radius 3 is 2.71 bits per heavy atom. The lowest BCUT2D eigenvalue weighted by molar-refractivity contribution is -0.0400. The number of rotatable bonds is 3. The van der Waals surface area contributed by atoms with Gasteiger partial charge in [-0.05, 0) is 30.5 Å². The lowest BCUT2D eigenvalue weighted by Gasteiger charge is -2.41. The van der Waals surface area contributed by atoms with E-state index in [9.17, 15) is 0 Å². The maximum Gasteiger partial charge on any atom is 0.126 e. The molecule has 1 aromatic heterocycles. The van der Waals surface area contributed by atoms with Gasteiger partial charge < -0.3 is 9.72 Å². The van der Waals surface area contributed by atoms with Crippen LogP contribution in [0.5, 0.6) is 0 Å². The molecule has 1 aliphatic carbocycles. The Kier molecular flexibility index (Phi) is 4.88. The van der Waals surface area contributed by atoms with E-state index in [2.05, 4.69) is 14.9 Å². The van der Waals surface area contributed by atoms with Crippen molar-refractivity contribution in [2.24, 2.45) is 0 Å². The molecule has 1 aliphatic heterocycles. The van der Waals surface area contributed by atoms with Crippen LogP contribution in [0.25, 0.3) is 11.3 Å². The van der Waals surface area contributed by atoms with Gasteiger partial charge in [-0.1, -0.05) is 43.0 Å². The molecule has 2 heterocycles. The molecule has 1 aromatic carbocycles. The van der Waals surface area contributed by atoms with Crippen molar-refractivity contribution in [2.45, 2.75) is 44.2 Å². The molecule has 1 saturated heterocycles. The Morgan fingerprint density at radius 1 is 1.12 bits per heavy atom. The van der Waals surface area contributed by atoms with E-state index in [1.54, 1.807) is 0 Å². The third-order valence-corrected chi connectivity index (χ3v) is 5.53. The summed E-state index contributed by atoms with van der Waals surface area (Å²) in [6.07, 6.45) is 8.62. The molecule has 5 heteroatoms. The van der Waals surface area contributed by atoms with Crippen LogP contribution in [-0.4, -0.2) is 40.7 Å². The van der Waals surface area contributed by atoms with Gasteiger partial charge in [-0.3, -0.25) is 4.90 Å². The smallest absolute Gasteiger partial charge is 0.126 e. The van der Waals surface area contributed by atoms with Crippen LogP contribution in [0, 0.1) is 0 Å². The molecule has 2 fully saturated rings. The van der Waals surface area contributed by atoms with Crippen molar-refractivity contribution in [3.63, 3.8) is 0 Å². The highest BCUT2D eigenvalue weighted by Crippen LogP contribution is 2.32. The van der Waals surface area contributed by atoms with Crippen LogP contribution in [0.2, 0.25) is 5.02 Å². The van der Waals surface area contributed by atoms with Crippen molar-refractivity contribution in [3.05, 3.63) is 41.3 Å². The SMILES string of the molecule is Clc1ccc(-c2cnc([C@@H]3COCCN3C3CCCCC3)[nH]2)cc1. The molecule has 1 N–H and O–H groups in total. The van der Waals surface area contributed by atoms with E-state index >= 15 is 0 Å². The van der Waals surface area contributed by atoms with Gasteiger partial charge in [0.15, 0.2) is 0 Å². The molecule has 2 aliphatic rings. The Balaban J connectivity index is 1.56. The van der Waals surface area contributed by atoms with Crippen LogP contribution in [0.3, 0.4) is 0 Å². The zero-order valence-corrected chi connectivity index (χ0v) is 14.6. The predicted octanol–water partition coefficient (Wildman–Crippen LogP) is 4.44. The fraction of sp³-hybridized carbons (Fsp3) is 0.526. The number of ether oxygens (including phenoxy) is 1. The summed E-state index contributed by atoms with van der Waals surface area (Å²) in [4.78, 5) is 10.8. The van der Waals surface area contributed by atoms with Crippen molar-refractivity contribution in [3.8, 4) is 11.3 Å². The van der Waals surface area contributed by atoms with Gasteiger partial charge in [-0.15, -0.1) is 0 Å². The molecule has 0 spiro atoms. The summed E-state index contributed by atoms with van der Waals surface area (Å²) >= 11 is 5.98. The van der Waals surface area contributed by atoms with Gasteiger partial charge >= 0.3 is 0 Å². The molecule has 1 saturated carbocycles. The van der Waals surface area contributed by atoms with Gasteiger partial charge in [0.1, 0.15) is 5.82 Å². The first-order valence-electron chi connectivity index (χ1n) is 8.95. The number of hydrogen-bond acceptors (Lipinski definition) is 3. The summed E-state index contributed by atoms with van der Waals surface area (Å²) in [7, 11) is 0. The lowest BCUT2D eigenvalue weighted by Crippen LogP contribution is -2.46. The highest BCUT2D eigenvalue weighted by molar-refractivity contribution is 6.30. The summed E-state index contributed by atoms with van der Waals surface area (Å²) in [5, 5.41) is 0.752. The first-order valence-corrected chi connectivity index (χ1v) is 9.33. The van der Waals surface area contributed by atoms with Crippen LogP contribution in [-0.2, 0) is 4.74 Å². The molecular formula is C19H24ClN3O. The van der Waals surface area contributed by atoms with Gasteiger partial charge in [0.05, 0.1) is 31.1 Å². The highest BCUT2D eigenvalue weighted by Gasteiger charge is 2.32. The van der Waals surface area contributed by atoms with E-state index in [0.29, 0.717) is 6.04 Å². The van der Waals surface area contributed by atoms with Gasteiger partial charge in [-0.2, -0.15) is 0 Å². The molecule has 0 radical (unpaired) electrons. The average Bonchev–Trinajstić information content (AvgIpc) is 3.13. The summed E-state index contributed by atoms with van der Waals surface area (Å²) in [6, 6.07) is 8.79. The van der Waals surface area contributed by atoms with Gasteiger partial charge in [-0.25, -0.2) is 4.98 Å². The second-order valence-corrected chi connectivity index (χ2v) is 7.25. The third-order valence-electron chi connectivity index (χ3n) is 5.28. The number of morpholine rings is 1. The van der Waals surface area contributed by atoms with E-state index in [1.165, 1.54) is 32.1 Å². The number of benzene rings is 1. The third kappa shape index (κ3) is 3.37. The molecule has 128 valence electrons. The molecule has 0 bridgehead atoms. The number of H-pyrrole nitrogens is 1. The van der Waals surface area contributed by atoms with E-state index < -0.39 is 0 Å². The molecule has 0 amide bonds. The predicted molar refractivity (Wildman–Crippen MR) is 96.2 cm³/mol. The molecular weight excluding hydrogens is 322 g/mol. The summed E-state index contributed by atoms with van der Waals surface area (Å²) in [5.74, 6) is 1.02. The topological polar surface area (TPSA) is 41.1 Å². The van der Waals surface area contributed by atoms with Crippen LogP contribution in [0.15, 0.2) is 30.5 Å². The number of halogens is 1. The van der Waals surface area contributed by atoms with Gasteiger partial charge in [0.2, 0.25) is 0 Å². The fourth-order valence-corrected chi connectivity index (χ4v) is 4.11. The number of nitrogens with one attached hydrogen (secondary N) is 1. The summed E-state index contributed by atoms with van der Waals surface area (Å²) < 4.78 is 5.77. The minimum absolute atomic E-state index is 0.239. The maximum atomic E-state index is 5.98. The maximum absolute atomic E-state index is 5.98. The minimum atomic E-state index is 0.239.